The molecule has 0 heterocycles. The predicted molar refractivity (Wildman–Crippen MR) is 144 cm³/mol. The van der Waals surface area contributed by atoms with Gasteiger partial charge in [-0.05, 0) is 73.9 Å². The fourth-order valence-electron chi connectivity index (χ4n) is 3.77. The highest BCUT2D eigenvalue weighted by Crippen LogP contribution is 2.15. The lowest BCUT2D eigenvalue weighted by Gasteiger charge is -2.05. The molecule has 0 amide bonds. The zero-order valence-corrected chi connectivity index (χ0v) is 21.7. The molecule has 0 unspecified atom stereocenters. The molecule has 2 aromatic carbocycles. The van der Waals surface area contributed by atoms with Crippen LogP contribution in [0.2, 0.25) is 0 Å². The van der Waals surface area contributed by atoms with E-state index in [9.17, 15) is 9.59 Å². The summed E-state index contributed by atoms with van der Waals surface area (Å²) in [7, 11) is 0. The molecule has 6 heteroatoms. The highest BCUT2D eigenvalue weighted by Gasteiger charge is 2.10. The van der Waals surface area contributed by atoms with Crippen LogP contribution in [0.25, 0.3) is 12.2 Å². The van der Waals surface area contributed by atoms with Gasteiger partial charge in [0.25, 0.3) is 0 Å². The van der Waals surface area contributed by atoms with E-state index < -0.39 is 11.9 Å². The molecule has 37 heavy (non-hydrogen) atoms. The van der Waals surface area contributed by atoms with Crippen molar-refractivity contribution in [2.24, 2.45) is 0 Å². The highest BCUT2D eigenvalue weighted by molar-refractivity contribution is 5.98. The molecule has 0 bridgehead atoms. The van der Waals surface area contributed by atoms with Crippen LogP contribution in [0, 0.1) is 22.7 Å². The molecular weight excluding hydrogens is 464 g/mol. The van der Waals surface area contributed by atoms with E-state index in [0.717, 1.165) is 49.7 Å². The summed E-state index contributed by atoms with van der Waals surface area (Å²) in [6.45, 7) is 3.91. The zero-order chi connectivity index (χ0) is 26.9. The zero-order valence-electron chi connectivity index (χ0n) is 21.7. The molecule has 0 saturated carbocycles. The number of rotatable bonds is 14. The lowest BCUT2D eigenvalue weighted by atomic mass is 10.0. The van der Waals surface area contributed by atoms with Gasteiger partial charge in [-0.3, -0.25) is 0 Å². The van der Waals surface area contributed by atoms with Crippen LogP contribution in [0.5, 0.6) is 0 Å². The van der Waals surface area contributed by atoms with Gasteiger partial charge in [-0.15, -0.1) is 0 Å². The molecule has 0 N–H and O–H groups in total. The van der Waals surface area contributed by atoms with Crippen molar-refractivity contribution in [2.45, 2.75) is 58.8 Å². The largest absolute Gasteiger partial charge is 0.462 e. The van der Waals surface area contributed by atoms with Crippen LogP contribution in [0.3, 0.4) is 0 Å². The molecule has 2 aromatic rings. The van der Waals surface area contributed by atoms with Gasteiger partial charge in [-0.2, -0.15) is 10.5 Å². The van der Waals surface area contributed by atoms with Gasteiger partial charge in [-0.25, -0.2) is 9.59 Å². The summed E-state index contributed by atoms with van der Waals surface area (Å²) in [6, 6.07) is 19.6. The molecule has 0 atom stereocenters. The second-order valence-corrected chi connectivity index (χ2v) is 8.53. The first-order chi connectivity index (χ1) is 18.0. The Labute approximate surface area is 219 Å². The monoisotopic (exact) mass is 498 g/mol. The predicted octanol–water partition coefficient (Wildman–Crippen LogP) is 6.36. The standard InChI is InChI=1S/C31H34N2O4/c1-3-36-30(34)28(22-32)20-26-16-12-24(13-17-26)10-8-6-5-7-9-11-25-14-18-27(19-15-25)21-29(23-33)31(35)37-4-2/h12-21H,3-11H2,1-2H3/b28-20+,29-21+. The smallest absolute Gasteiger partial charge is 0.348 e. The molecule has 0 saturated heterocycles. The third-order valence-corrected chi connectivity index (χ3v) is 5.74. The summed E-state index contributed by atoms with van der Waals surface area (Å²) >= 11 is 0. The van der Waals surface area contributed by atoms with Crippen LogP contribution < -0.4 is 0 Å². The highest BCUT2D eigenvalue weighted by atomic mass is 16.5. The van der Waals surface area contributed by atoms with Crippen molar-refractivity contribution in [1.82, 2.24) is 0 Å². The summed E-state index contributed by atoms with van der Waals surface area (Å²) in [6.07, 6.45) is 10.8. The summed E-state index contributed by atoms with van der Waals surface area (Å²) in [5.41, 5.74) is 4.10. The Kier molecular flexibility index (Phi) is 13.0. The van der Waals surface area contributed by atoms with Crippen molar-refractivity contribution >= 4 is 24.1 Å². The Balaban J connectivity index is 1.68. The molecule has 2 rings (SSSR count). The number of aryl methyl sites for hydroxylation is 2. The number of carbonyl (C=O) groups is 2. The maximum absolute atomic E-state index is 11.7. The number of hydrogen-bond acceptors (Lipinski definition) is 6. The summed E-state index contributed by atoms with van der Waals surface area (Å²) in [5.74, 6) is -1.19. The number of benzene rings is 2. The van der Waals surface area contributed by atoms with Gasteiger partial charge >= 0.3 is 11.9 Å². The second kappa shape index (κ2) is 16.5. The van der Waals surface area contributed by atoms with Gasteiger partial charge in [-0.1, -0.05) is 67.8 Å². The first kappa shape index (κ1) is 29.1. The van der Waals surface area contributed by atoms with Crippen molar-refractivity contribution in [3.8, 4) is 12.1 Å². The van der Waals surface area contributed by atoms with E-state index in [1.807, 2.05) is 60.7 Å². The van der Waals surface area contributed by atoms with E-state index >= 15 is 0 Å². The molecule has 0 aliphatic heterocycles. The van der Waals surface area contributed by atoms with Crippen molar-refractivity contribution in [2.75, 3.05) is 13.2 Å². The number of carbonyl (C=O) groups excluding carboxylic acids is 2. The van der Waals surface area contributed by atoms with Gasteiger partial charge < -0.3 is 9.47 Å². The van der Waals surface area contributed by atoms with E-state index in [2.05, 4.69) is 0 Å². The molecule has 0 radical (unpaired) electrons. The van der Waals surface area contributed by atoms with Crippen molar-refractivity contribution < 1.29 is 19.1 Å². The van der Waals surface area contributed by atoms with Crippen LogP contribution in [0.4, 0.5) is 0 Å². The van der Waals surface area contributed by atoms with Crippen LogP contribution in [-0.4, -0.2) is 25.2 Å². The van der Waals surface area contributed by atoms with Gasteiger partial charge in [0.1, 0.15) is 23.3 Å². The first-order valence-corrected chi connectivity index (χ1v) is 12.8. The molecule has 6 nitrogen and oxygen atoms in total. The van der Waals surface area contributed by atoms with Crippen LogP contribution in [-0.2, 0) is 31.9 Å². The summed E-state index contributed by atoms with van der Waals surface area (Å²) in [4.78, 5) is 23.5. The first-order valence-electron chi connectivity index (χ1n) is 12.8. The van der Waals surface area contributed by atoms with Gasteiger partial charge in [0.2, 0.25) is 0 Å². The average molecular weight is 499 g/mol. The third kappa shape index (κ3) is 10.5. The fraction of sp³-hybridized carbons (Fsp3) is 0.355. The van der Waals surface area contributed by atoms with Gasteiger partial charge in [0.05, 0.1) is 13.2 Å². The summed E-state index contributed by atoms with van der Waals surface area (Å²) in [5, 5.41) is 18.3. The number of unbranched alkanes of at least 4 members (excludes halogenated alkanes) is 4. The Morgan fingerprint density at radius 2 is 1.00 bits per heavy atom. The van der Waals surface area contributed by atoms with E-state index in [1.54, 1.807) is 26.0 Å². The average Bonchev–Trinajstić information content (AvgIpc) is 2.91. The fourth-order valence-corrected chi connectivity index (χ4v) is 3.77. The van der Waals surface area contributed by atoms with Crippen molar-refractivity contribution in [3.63, 3.8) is 0 Å². The van der Waals surface area contributed by atoms with E-state index in [1.165, 1.54) is 17.5 Å². The van der Waals surface area contributed by atoms with Crippen LogP contribution in [0.1, 0.15) is 68.2 Å². The van der Waals surface area contributed by atoms with Crippen molar-refractivity contribution in [3.05, 3.63) is 81.9 Å². The molecule has 192 valence electrons. The van der Waals surface area contributed by atoms with E-state index in [4.69, 9.17) is 20.0 Å². The molecule has 0 fully saturated rings. The third-order valence-electron chi connectivity index (χ3n) is 5.74. The molecule has 0 spiro atoms. The Hall–Kier alpha value is -4.16. The molecule has 0 aromatic heterocycles. The number of nitriles is 2. The van der Waals surface area contributed by atoms with E-state index in [-0.39, 0.29) is 24.4 Å². The minimum atomic E-state index is -0.594. The number of hydrogen-bond donors (Lipinski definition) is 0. The van der Waals surface area contributed by atoms with Gasteiger partial charge in [0, 0.05) is 0 Å². The second-order valence-electron chi connectivity index (χ2n) is 8.53. The molecule has 0 aliphatic carbocycles. The maximum Gasteiger partial charge on any atom is 0.348 e. The van der Waals surface area contributed by atoms with Crippen molar-refractivity contribution in [1.29, 1.82) is 10.5 Å². The molecular formula is C31H34N2O4. The molecule has 0 aliphatic rings. The topological polar surface area (TPSA) is 100 Å². The normalized spacial score (nSPS) is 11.4. The Bertz CT molecular complexity index is 1070. The van der Waals surface area contributed by atoms with E-state index in [0.29, 0.717) is 0 Å². The number of ether oxygens (including phenoxy) is 2. The minimum Gasteiger partial charge on any atom is -0.462 e. The Morgan fingerprint density at radius 1 is 0.649 bits per heavy atom. The number of nitrogens with zero attached hydrogens (tertiary/aromatic N) is 2. The Morgan fingerprint density at radius 3 is 1.32 bits per heavy atom. The van der Waals surface area contributed by atoms with Crippen LogP contribution >= 0.6 is 0 Å². The number of esters is 2. The SMILES string of the molecule is CCOC(=O)/C(C#N)=C/c1ccc(CCCCCCCc2ccc(/C=C(\C#N)C(=O)OCC)cc2)cc1. The maximum atomic E-state index is 11.7. The lowest BCUT2D eigenvalue weighted by molar-refractivity contribution is -0.138. The van der Waals surface area contributed by atoms with Crippen LogP contribution in [0.15, 0.2) is 59.7 Å². The van der Waals surface area contributed by atoms with Gasteiger partial charge in [0.15, 0.2) is 0 Å². The lowest BCUT2D eigenvalue weighted by Crippen LogP contribution is -2.05. The quantitative estimate of drug-likeness (QED) is 0.130. The minimum absolute atomic E-state index is 0.00418. The summed E-state index contributed by atoms with van der Waals surface area (Å²) < 4.78 is 9.78.